The van der Waals surface area contributed by atoms with E-state index in [1.165, 1.54) is 17.7 Å². The Kier molecular flexibility index (Phi) is 20.2. The molecule has 1 unspecified atom stereocenters. The van der Waals surface area contributed by atoms with Crippen LogP contribution in [0.15, 0.2) is 121 Å². The predicted molar refractivity (Wildman–Crippen MR) is 256 cm³/mol. The number of benzene rings is 4. The SMILES string of the molecule is C=CC(=O)OCCCCCCOc1ccc(COc2ccc(C3CCC(OCc4ccc(OCCCCCCOC(O)C=C)cc4)CC3)cc2/C=N/Nc2nc3ccccc3s2)cc1. The van der Waals surface area contributed by atoms with E-state index in [2.05, 4.69) is 65.1 Å². The quantitative estimate of drug-likeness (QED) is 0.00910. The minimum absolute atomic E-state index is 0.225. The number of hydrogen-bond donors (Lipinski definition) is 2. The van der Waals surface area contributed by atoms with E-state index in [9.17, 15) is 9.90 Å². The molecule has 0 aliphatic heterocycles. The standard InChI is InChI=1S/C52H63N3O8S/c1-3-50(56)60-33-13-7-5-11-31-58-44-24-17-39(18-25-44)37-62-46-28-21-41(22-29-46)42-23-30-48(43(35-42)36-53-55-52-54-47-15-9-10-16-49(47)64-52)63-38-40-19-26-45(27-20-40)59-32-12-6-8-14-34-61-51(57)4-2/h3-4,9-10,15-20,23-27,30,35-36,41,46,50,56H,1-2,5-8,11-14,21-22,28-29,31-34,37-38H2,(H,54,55)/b53-36+. The fourth-order valence-corrected chi connectivity index (χ4v) is 8.25. The van der Waals surface area contributed by atoms with Crippen LogP contribution in [-0.2, 0) is 32.2 Å². The molecule has 1 heterocycles. The number of thiazole rings is 1. The molecular formula is C52H63N3O8S. The lowest BCUT2D eigenvalue weighted by molar-refractivity contribution is -0.137. The number of nitrogens with zero attached hydrogens (tertiary/aromatic N) is 2. The topological polar surface area (TPSA) is 130 Å². The summed E-state index contributed by atoms with van der Waals surface area (Å²) in [5, 5.41) is 14.7. The summed E-state index contributed by atoms with van der Waals surface area (Å²) >= 11 is 1.57. The number of carbonyl (C=O) groups excluding carboxylic acids is 1. The van der Waals surface area contributed by atoms with E-state index in [0.717, 1.165) is 126 Å². The number of para-hydroxylation sites is 1. The maximum atomic E-state index is 11.1. The Labute approximate surface area is 382 Å². The van der Waals surface area contributed by atoms with Crippen LogP contribution in [0, 0.1) is 0 Å². The molecule has 1 saturated carbocycles. The Bertz CT molecular complexity index is 2150. The van der Waals surface area contributed by atoms with Gasteiger partial charge in [-0.25, -0.2) is 9.78 Å². The summed E-state index contributed by atoms with van der Waals surface area (Å²) in [6.45, 7) is 10.2. The highest BCUT2D eigenvalue weighted by molar-refractivity contribution is 7.22. The van der Waals surface area contributed by atoms with Crippen molar-refractivity contribution >= 4 is 38.9 Å². The zero-order valence-corrected chi connectivity index (χ0v) is 37.7. The van der Waals surface area contributed by atoms with Gasteiger partial charge in [0.05, 0.1) is 55.6 Å². The van der Waals surface area contributed by atoms with E-state index < -0.39 is 6.29 Å². The smallest absolute Gasteiger partial charge is 0.330 e. The summed E-state index contributed by atoms with van der Waals surface area (Å²) < 4.78 is 36.1. The van der Waals surface area contributed by atoms with Crippen LogP contribution in [-0.4, -0.2) is 61.1 Å². The predicted octanol–water partition coefficient (Wildman–Crippen LogP) is 11.7. The largest absolute Gasteiger partial charge is 0.494 e. The average molecular weight is 890 g/mol. The van der Waals surface area contributed by atoms with E-state index in [4.69, 9.17) is 28.4 Å². The van der Waals surface area contributed by atoms with E-state index >= 15 is 0 Å². The third kappa shape index (κ3) is 16.5. The fourth-order valence-electron chi connectivity index (χ4n) is 7.43. The Morgan fingerprint density at radius 1 is 0.766 bits per heavy atom. The first-order chi connectivity index (χ1) is 31.4. The molecule has 0 saturated heterocycles. The number of aromatic nitrogens is 1. The molecule has 0 bridgehead atoms. The summed E-state index contributed by atoms with van der Waals surface area (Å²) in [7, 11) is 0. The molecule has 1 aromatic heterocycles. The van der Waals surface area contributed by atoms with Crippen LogP contribution in [0.4, 0.5) is 5.13 Å². The first kappa shape index (κ1) is 47.9. The molecule has 12 heteroatoms. The summed E-state index contributed by atoms with van der Waals surface area (Å²) in [6.07, 6.45) is 15.6. The molecule has 1 aliphatic rings. The Morgan fingerprint density at radius 3 is 2.06 bits per heavy atom. The van der Waals surface area contributed by atoms with E-state index in [1.807, 2.05) is 60.8 Å². The minimum atomic E-state index is -0.877. The normalized spacial score (nSPS) is 15.5. The van der Waals surface area contributed by atoms with Crippen LogP contribution in [0.5, 0.6) is 17.2 Å². The van der Waals surface area contributed by atoms with Gasteiger partial charge in [-0.2, -0.15) is 5.10 Å². The molecule has 340 valence electrons. The van der Waals surface area contributed by atoms with Gasteiger partial charge in [-0.15, -0.1) is 0 Å². The number of nitrogens with one attached hydrogen (secondary N) is 1. The number of anilines is 1. The zero-order chi connectivity index (χ0) is 44.6. The van der Waals surface area contributed by atoms with Gasteiger partial charge in [0.15, 0.2) is 6.29 Å². The molecule has 2 N–H and O–H groups in total. The minimum Gasteiger partial charge on any atom is -0.494 e. The van der Waals surface area contributed by atoms with Crippen LogP contribution in [0.2, 0.25) is 0 Å². The van der Waals surface area contributed by atoms with E-state index in [0.29, 0.717) is 45.6 Å². The lowest BCUT2D eigenvalue weighted by atomic mass is 9.82. The van der Waals surface area contributed by atoms with Gasteiger partial charge in [-0.1, -0.05) is 73.4 Å². The van der Waals surface area contributed by atoms with Crippen molar-refractivity contribution in [2.45, 2.75) is 109 Å². The molecule has 64 heavy (non-hydrogen) atoms. The number of hydrazone groups is 1. The Morgan fingerprint density at radius 2 is 1.41 bits per heavy atom. The Balaban J connectivity index is 0.952. The number of fused-ring (bicyclic) bond motifs is 1. The van der Waals surface area contributed by atoms with Gasteiger partial charge < -0.3 is 33.5 Å². The summed E-state index contributed by atoms with van der Waals surface area (Å²) in [4.78, 5) is 15.8. The summed E-state index contributed by atoms with van der Waals surface area (Å²) in [5.41, 5.74) is 8.45. The van der Waals surface area contributed by atoms with Crippen molar-refractivity contribution in [2.75, 3.05) is 31.9 Å². The van der Waals surface area contributed by atoms with Gasteiger partial charge in [-0.3, -0.25) is 5.43 Å². The van der Waals surface area contributed by atoms with Crippen molar-refractivity contribution in [1.82, 2.24) is 4.98 Å². The lowest BCUT2D eigenvalue weighted by Gasteiger charge is -2.29. The van der Waals surface area contributed by atoms with E-state index in [-0.39, 0.29) is 12.1 Å². The number of rotatable bonds is 29. The van der Waals surface area contributed by atoms with Crippen molar-refractivity contribution in [1.29, 1.82) is 0 Å². The van der Waals surface area contributed by atoms with Crippen LogP contribution >= 0.6 is 11.3 Å². The van der Waals surface area contributed by atoms with Gasteiger partial charge in [0.2, 0.25) is 5.13 Å². The van der Waals surface area contributed by atoms with Gasteiger partial charge in [-0.05, 0) is 148 Å². The molecule has 6 rings (SSSR count). The number of hydrogen-bond acceptors (Lipinski definition) is 12. The zero-order valence-electron chi connectivity index (χ0n) is 36.9. The maximum absolute atomic E-state index is 11.1. The molecule has 0 spiro atoms. The lowest BCUT2D eigenvalue weighted by Crippen LogP contribution is -2.20. The third-order valence-electron chi connectivity index (χ3n) is 11.1. The van der Waals surface area contributed by atoms with Crippen molar-refractivity contribution < 1.29 is 38.3 Å². The van der Waals surface area contributed by atoms with Gasteiger partial charge in [0, 0.05) is 11.6 Å². The van der Waals surface area contributed by atoms with Crippen LogP contribution < -0.4 is 19.6 Å². The van der Waals surface area contributed by atoms with Crippen LogP contribution in [0.25, 0.3) is 10.2 Å². The van der Waals surface area contributed by atoms with Crippen LogP contribution in [0.1, 0.15) is 105 Å². The van der Waals surface area contributed by atoms with Crippen LogP contribution in [0.3, 0.4) is 0 Å². The highest BCUT2D eigenvalue weighted by Gasteiger charge is 2.24. The highest BCUT2D eigenvalue weighted by Crippen LogP contribution is 2.36. The van der Waals surface area contributed by atoms with Crippen molar-refractivity contribution in [3.63, 3.8) is 0 Å². The second-order valence-electron chi connectivity index (χ2n) is 15.9. The number of aliphatic hydroxyl groups excluding tert-OH is 1. The second-order valence-corrected chi connectivity index (χ2v) is 16.9. The van der Waals surface area contributed by atoms with Gasteiger partial charge in [0.1, 0.15) is 23.9 Å². The van der Waals surface area contributed by atoms with Gasteiger partial charge >= 0.3 is 5.97 Å². The fraction of sp³-hybridized carbons (Fsp3) is 0.404. The number of unbranched alkanes of at least 4 members (excludes halogenated alkanes) is 6. The van der Waals surface area contributed by atoms with Crippen molar-refractivity contribution in [3.05, 3.63) is 139 Å². The molecule has 1 fully saturated rings. The summed E-state index contributed by atoms with van der Waals surface area (Å²) in [6, 6.07) is 30.8. The molecule has 0 amide bonds. The first-order valence-electron chi connectivity index (χ1n) is 22.6. The molecule has 1 atom stereocenters. The molecule has 0 radical (unpaired) electrons. The molecule has 11 nitrogen and oxygen atoms in total. The summed E-state index contributed by atoms with van der Waals surface area (Å²) in [5.74, 6) is 2.50. The number of aliphatic hydroxyl groups is 1. The third-order valence-corrected chi connectivity index (χ3v) is 12.0. The maximum Gasteiger partial charge on any atom is 0.330 e. The first-order valence-corrected chi connectivity index (χ1v) is 23.5. The monoisotopic (exact) mass is 889 g/mol. The van der Waals surface area contributed by atoms with E-state index in [1.54, 1.807) is 11.3 Å². The molecular weight excluding hydrogens is 827 g/mol. The van der Waals surface area contributed by atoms with Crippen molar-refractivity contribution in [3.8, 4) is 17.2 Å². The second kappa shape index (κ2) is 26.9. The number of carbonyl (C=O) groups is 1. The van der Waals surface area contributed by atoms with Gasteiger partial charge in [0.25, 0.3) is 0 Å². The molecule has 4 aromatic carbocycles. The Hall–Kier alpha value is -5.53. The molecule has 5 aromatic rings. The number of esters is 1. The average Bonchev–Trinajstić information content (AvgIpc) is 3.75. The van der Waals surface area contributed by atoms with Crippen molar-refractivity contribution in [2.24, 2.45) is 5.10 Å². The highest BCUT2D eigenvalue weighted by atomic mass is 32.1. The number of ether oxygens (including phenoxy) is 6. The molecule has 1 aliphatic carbocycles.